The first-order valence-corrected chi connectivity index (χ1v) is 13.0. The number of anilines is 1. The van der Waals surface area contributed by atoms with Crippen molar-refractivity contribution in [2.75, 3.05) is 31.1 Å². The van der Waals surface area contributed by atoms with Crippen LogP contribution in [0.4, 0.5) is 14.5 Å². The Kier molecular flexibility index (Phi) is 10.2. The van der Waals surface area contributed by atoms with Gasteiger partial charge in [-0.15, -0.1) is 0 Å². The molecule has 4 rings (SSSR count). The molecule has 2 aliphatic rings. The van der Waals surface area contributed by atoms with E-state index < -0.39 is 42.0 Å². The molecule has 0 radical (unpaired) electrons. The third-order valence-corrected chi connectivity index (χ3v) is 7.21. The van der Waals surface area contributed by atoms with E-state index >= 15 is 0 Å². The van der Waals surface area contributed by atoms with E-state index in [4.69, 9.17) is 20.4 Å². The van der Waals surface area contributed by atoms with Crippen LogP contribution in [0.5, 0.6) is 0 Å². The second-order valence-electron chi connectivity index (χ2n) is 10.2. The first-order valence-electron chi connectivity index (χ1n) is 13.0. The number of piperidine rings is 1. The monoisotopic (exact) mass is 564 g/mol. The summed E-state index contributed by atoms with van der Waals surface area (Å²) in [6.07, 6.45) is 0.910. The van der Waals surface area contributed by atoms with Gasteiger partial charge in [0, 0.05) is 38.3 Å². The average molecular weight is 565 g/mol. The summed E-state index contributed by atoms with van der Waals surface area (Å²) in [7, 11) is 0. The molecule has 0 aliphatic carbocycles. The van der Waals surface area contributed by atoms with E-state index in [1.807, 2.05) is 12.1 Å². The van der Waals surface area contributed by atoms with Crippen LogP contribution >= 0.6 is 0 Å². The maximum atomic E-state index is 14.5. The van der Waals surface area contributed by atoms with Crippen molar-refractivity contribution in [3.63, 3.8) is 0 Å². The van der Waals surface area contributed by atoms with E-state index in [0.29, 0.717) is 43.7 Å². The van der Waals surface area contributed by atoms with Crippen molar-refractivity contribution in [1.82, 2.24) is 4.90 Å². The normalized spacial score (nSPS) is 17.1. The highest BCUT2D eigenvalue weighted by atomic mass is 19.1. The highest BCUT2D eigenvalue weighted by Gasteiger charge is 2.41. The molecule has 0 aromatic heterocycles. The van der Waals surface area contributed by atoms with Crippen molar-refractivity contribution in [2.45, 2.75) is 56.3 Å². The van der Waals surface area contributed by atoms with E-state index in [-0.39, 0.29) is 11.6 Å². The number of aliphatic hydroxyl groups is 2. The zero-order chi connectivity index (χ0) is 29.5. The molecule has 0 unspecified atom stereocenters. The Morgan fingerprint density at radius 1 is 0.850 bits per heavy atom. The summed E-state index contributed by atoms with van der Waals surface area (Å²) in [5, 5.41) is 44.7. The summed E-state index contributed by atoms with van der Waals surface area (Å²) in [4.78, 5) is 34.8. The zero-order valence-corrected chi connectivity index (χ0v) is 21.9. The van der Waals surface area contributed by atoms with Crippen LogP contribution in [0.3, 0.4) is 0 Å². The number of aliphatic carboxylic acids is 3. The molecular formula is C28H34F2N2O8. The van der Waals surface area contributed by atoms with Gasteiger partial charge in [0.25, 0.3) is 0 Å². The minimum absolute atomic E-state index is 0.158. The van der Waals surface area contributed by atoms with Gasteiger partial charge in [-0.2, -0.15) is 0 Å². The largest absolute Gasteiger partial charge is 0.481 e. The summed E-state index contributed by atoms with van der Waals surface area (Å²) in [5.74, 6) is -5.53. The van der Waals surface area contributed by atoms with Crippen molar-refractivity contribution in [3.05, 3.63) is 65.2 Å². The Balaban J connectivity index is 0.000000289. The average Bonchev–Trinajstić information content (AvgIpc) is 3.40. The molecule has 40 heavy (non-hydrogen) atoms. The van der Waals surface area contributed by atoms with E-state index in [1.54, 1.807) is 24.3 Å². The van der Waals surface area contributed by atoms with Crippen molar-refractivity contribution in [1.29, 1.82) is 0 Å². The lowest BCUT2D eigenvalue weighted by Gasteiger charge is -2.38. The van der Waals surface area contributed by atoms with Gasteiger partial charge in [-0.3, -0.25) is 14.5 Å². The van der Waals surface area contributed by atoms with Gasteiger partial charge in [0.1, 0.15) is 11.6 Å². The quantitative estimate of drug-likeness (QED) is 0.307. The van der Waals surface area contributed by atoms with Crippen LogP contribution in [0, 0.1) is 11.6 Å². The van der Waals surface area contributed by atoms with Gasteiger partial charge in [-0.1, -0.05) is 24.3 Å². The summed E-state index contributed by atoms with van der Waals surface area (Å²) < 4.78 is 28.6. The smallest absolute Gasteiger partial charge is 0.336 e. The number of nitrogens with zero attached hydrogens (tertiary/aromatic N) is 2. The summed E-state index contributed by atoms with van der Waals surface area (Å²) in [6, 6.07) is 12.0. The number of carbonyl (C=O) groups is 3. The Bertz CT molecular complexity index is 1190. The predicted molar refractivity (Wildman–Crippen MR) is 140 cm³/mol. The van der Waals surface area contributed by atoms with Crippen molar-refractivity contribution in [3.8, 4) is 0 Å². The summed E-state index contributed by atoms with van der Waals surface area (Å²) >= 11 is 0. The fourth-order valence-corrected chi connectivity index (χ4v) is 5.02. The lowest BCUT2D eigenvalue weighted by Crippen LogP contribution is -2.42. The Morgan fingerprint density at radius 2 is 1.43 bits per heavy atom. The molecule has 218 valence electrons. The zero-order valence-electron chi connectivity index (χ0n) is 21.9. The van der Waals surface area contributed by atoms with Crippen LogP contribution < -0.4 is 4.90 Å². The number of rotatable bonds is 9. The van der Waals surface area contributed by atoms with Crippen molar-refractivity contribution in [2.24, 2.45) is 0 Å². The van der Waals surface area contributed by atoms with Crippen LogP contribution in [0.2, 0.25) is 0 Å². The van der Waals surface area contributed by atoms with Crippen LogP contribution in [0.25, 0.3) is 0 Å². The van der Waals surface area contributed by atoms with Crippen molar-refractivity contribution < 1.29 is 48.7 Å². The van der Waals surface area contributed by atoms with E-state index in [2.05, 4.69) is 9.80 Å². The number of hydrogen-bond donors (Lipinski definition) is 5. The van der Waals surface area contributed by atoms with Gasteiger partial charge in [-0.25, -0.2) is 13.6 Å². The van der Waals surface area contributed by atoms with Gasteiger partial charge >= 0.3 is 17.9 Å². The molecular weight excluding hydrogens is 530 g/mol. The van der Waals surface area contributed by atoms with Crippen LogP contribution in [0.15, 0.2) is 42.5 Å². The lowest BCUT2D eigenvalue weighted by atomic mass is 9.84. The standard InChI is InChI=1S/C22H26F2N2O.C6H8O7/c23-19-6-2-1-5-18(19)22(27)9-13-25(14-10-22)16-17-7-8-21(20(24)15-17)26-11-3-4-12-26;7-3(8)1-6(13,5(11)12)2-4(9)10/h1-2,5-8,15,27H,3-4,9-14,16H2;13H,1-2H2,(H,7,8)(H,9,10)(H,11,12). The summed E-state index contributed by atoms with van der Waals surface area (Å²) in [6.45, 7) is 3.80. The Hall–Kier alpha value is -3.61. The molecule has 5 N–H and O–H groups in total. The van der Waals surface area contributed by atoms with Crippen molar-refractivity contribution >= 4 is 23.6 Å². The molecule has 2 heterocycles. The number of carboxylic acid groups (broad SMARTS) is 3. The Labute approximate surface area is 230 Å². The van der Waals surface area contributed by atoms with Crippen LogP contribution in [-0.4, -0.2) is 80.1 Å². The highest BCUT2D eigenvalue weighted by Crippen LogP contribution is 2.35. The molecule has 2 aromatic rings. The number of likely N-dealkylation sites (tertiary alicyclic amines) is 1. The fraction of sp³-hybridized carbons (Fsp3) is 0.464. The molecule has 10 nitrogen and oxygen atoms in total. The van der Waals surface area contributed by atoms with E-state index in [9.17, 15) is 28.3 Å². The second-order valence-corrected chi connectivity index (χ2v) is 10.2. The molecule has 2 aliphatic heterocycles. The molecule has 0 amide bonds. The molecule has 0 atom stereocenters. The predicted octanol–water partition coefficient (Wildman–Crippen LogP) is 2.80. The van der Waals surface area contributed by atoms with Gasteiger partial charge in [0.05, 0.1) is 24.1 Å². The van der Waals surface area contributed by atoms with Crippen LogP contribution in [0.1, 0.15) is 49.7 Å². The maximum absolute atomic E-state index is 14.5. The minimum Gasteiger partial charge on any atom is -0.481 e. The Morgan fingerprint density at radius 3 is 1.93 bits per heavy atom. The molecule has 2 fully saturated rings. The first kappa shape index (κ1) is 30.9. The van der Waals surface area contributed by atoms with E-state index in [1.165, 1.54) is 6.07 Å². The number of benzene rings is 2. The first-order chi connectivity index (χ1) is 18.8. The van der Waals surface area contributed by atoms with Gasteiger partial charge < -0.3 is 30.4 Å². The number of halogens is 2. The SMILES string of the molecule is O=C(O)CC(O)(CC(=O)O)C(=O)O.OC1(c2ccccc2F)CCN(Cc2ccc(N3CCCC3)c(F)c2)CC1. The molecule has 2 saturated heterocycles. The molecule has 0 bridgehead atoms. The highest BCUT2D eigenvalue weighted by molar-refractivity contribution is 5.88. The van der Waals surface area contributed by atoms with Crippen LogP contribution in [-0.2, 0) is 26.5 Å². The molecule has 0 saturated carbocycles. The molecule has 2 aromatic carbocycles. The van der Waals surface area contributed by atoms with Gasteiger partial charge in [-0.05, 0) is 49.4 Å². The molecule has 0 spiro atoms. The lowest BCUT2D eigenvalue weighted by molar-refractivity contribution is -0.170. The van der Waals surface area contributed by atoms with Gasteiger partial charge in [0.2, 0.25) is 0 Å². The molecule has 12 heteroatoms. The van der Waals surface area contributed by atoms with Gasteiger partial charge in [0.15, 0.2) is 5.60 Å². The summed E-state index contributed by atoms with van der Waals surface area (Å²) in [5.41, 5.74) is -1.84. The third-order valence-electron chi connectivity index (χ3n) is 7.21. The third kappa shape index (κ3) is 7.96. The van der Waals surface area contributed by atoms with E-state index in [0.717, 1.165) is 31.5 Å². The topological polar surface area (TPSA) is 159 Å². The number of carboxylic acids is 3. The number of hydrogen-bond acceptors (Lipinski definition) is 7. The minimum atomic E-state index is -2.74. The maximum Gasteiger partial charge on any atom is 0.336 e. The second kappa shape index (κ2) is 13.2. The fourth-order valence-electron chi connectivity index (χ4n) is 5.02.